The number of pyridine rings is 1. The van der Waals surface area contributed by atoms with E-state index in [9.17, 15) is 4.79 Å². The van der Waals surface area contributed by atoms with Gasteiger partial charge in [0.25, 0.3) is 0 Å². The summed E-state index contributed by atoms with van der Waals surface area (Å²) in [6.07, 6.45) is 7.95. The second-order valence-electron chi connectivity index (χ2n) is 8.19. The standard InChI is InChI=1S/C20H31N3O3/c1-20(2,3)26-19(24)23-14-8-18(9-15-23)25-17-6-12-22(13-7-17)16-4-10-21-11-5-16/h4-5,10-11,17-18H,6-9,12-15H2,1-3H3. The molecule has 0 spiro atoms. The van der Waals surface area contributed by atoms with Gasteiger partial charge in [0.2, 0.25) is 0 Å². The number of nitrogens with zero attached hydrogens (tertiary/aromatic N) is 3. The molecule has 6 nitrogen and oxygen atoms in total. The molecule has 0 saturated carbocycles. The molecule has 0 atom stereocenters. The first-order valence-electron chi connectivity index (χ1n) is 9.69. The van der Waals surface area contributed by atoms with Gasteiger partial charge in [-0.15, -0.1) is 0 Å². The molecular weight excluding hydrogens is 330 g/mol. The first-order chi connectivity index (χ1) is 12.4. The summed E-state index contributed by atoms with van der Waals surface area (Å²) < 4.78 is 11.8. The molecule has 0 bridgehead atoms. The summed E-state index contributed by atoms with van der Waals surface area (Å²) in [5, 5.41) is 0. The van der Waals surface area contributed by atoms with E-state index in [1.54, 1.807) is 4.90 Å². The first-order valence-corrected chi connectivity index (χ1v) is 9.69. The van der Waals surface area contributed by atoms with E-state index in [0.717, 1.165) is 51.9 Å². The van der Waals surface area contributed by atoms with Crippen LogP contribution in [-0.2, 0) is 9.47 Å². The van der Waals surface area contributed by atoms with Crippen molar-refractivity contribution in [2.24, 2.45) is 0 Å². The summed E-state index contributed by atoms with van der Waals surface area (Å²) in [5.74, 6) is 0. The zero-order valence-electron chi connectivity index (χ0n) is 16.2. The molecule has 0 unspecified atom stereocenters. The molecule has 2 aliphatic heterocycles. The predicted octanol–water partition coefficient (Wildman–Crippen LogP) is 3.47. The van der Waals surface area contributed by atoms with Gasteiger partial charge in [-0.2, -0.15) is 0 Å². The van der Waals surface area contributed by atoms with Gasteiger partial charge in [-0.25, -0.2) is 4.79 Å². The molecule has 144 valence electrons. The lowest BCUT2D eigenvalue weighted by Gasteiger charge is -2.38. The van der Waals surface area contributed by atoms with Crippen LogP contribution in [0.25, 0.3) is 0 Å². The van der Waals surface area contributed by atoms with Crippen molar-refractivity contribution in [3.8, 4) is 0 Å². The molecule has 3 heterocycles. The van der Waals surface area contributed by atoms with E-state index in [1.807, 2.05) is 33.2 Å². The Morgan fingerprint density at radius 2 is 1.54 bits per heavy atom. The van der Waals surface area contributed by atoms with E-state index >= 15 is 0 Å². The number of rotatable bonds is 3. The summed E-state index contributed by atoms with van der Waals surface area (Å²) in [4.78, 5) is 20.4. The summed E-state index contributed by atoms with van der Waals surface area (Å²) in [5.41, 5.74) is 0.803. The highest BCUT2D eigenvalue weighted by Gasteiger charge is 2.29. The first kappa shape index (κ1) is 19.0. The highest BCUT2D eigenvalue weighted by atomic mass is 16.6. The molecule has 0 aromatic carbocycles. The van der Waals surface area contributed by atoms with Gasteiger partial charge in [0, 0.05) is 44.3 Å². The van der Waals surface area contributed by atoms with Crippen molar-refractivity contribution in [3.05, 3.63) is 24.5 Å². The second kappa shape index (κ2) is 8.25. The third-order valence-corrected chi connectivity index (χ3v) is 4.95. The molecular formula is C20H31N3O3. The van der Waals surface area contributed by atoms with Crippen LogP contribution in [0.1, 0.15) is 46.5 Å². The van der Waals surface area contributed by atoms with Crippen LogP contribution < -0.4 is 4.90 Å². The van der Waals surface area contributed by atoms with E-state index in [4.69, 9.17) is 9.47 Å². The fourth-order valence-electron chi connectivity index (χ4n) is 3.58. The molecule has 1 aromatic rings. The zero-order chi connectivity index (χ0) is 18.6. The smallest absolute Gasteiger partial charge is 0.410 e. The molecule has 6 heteroatoms. The number of amides is 1. The lowest BCUT2D eigenvalue weighted by molar-refractivity contribution is -0.0535. The van der Waals surface area contributed by atoms with Gasteiger partial charge in [-0.05, 0) is 58.6 Å². The fourth-order valence-corrected chi connectivity index (χ4v) is 3.58. The summed E-state index contributed by atoms with van der Waals surface area (Å²) in [6.45, 7) is 9.18. The quantitative estimate of drug-likeness (QED) is 0.825. The molecule has 1 aromatic heterocycles. The van der Waals surface area contributed by atoms with Crippen molar-refractivity contribution in [1.82, 2.24) is 9.88 Å². The minimum atomic E-state index is -0.437. The average molecular weight is 361 g/mol. The Kier molecular flexibility index (Phi) is 6.01. The van der Waals surface area contributed by atoms with E-state index in [2.05, 4.69) is 22.0 Å². The molecule has 2 fully saturated rings. The minimum Gasteiger partial charge on any atom is -0.444 e. The number of likely N-dealkylation sites (tertiary alicyclic amines) is 1. The SMILES string of the molecule is CC(C)(C)OC(=O)N1CCC(OC2CCN(c3ccncc3)CC2)CC1. The number of carbonyl (C=O) groups is 1. The maximum atomic E-state index is 12.1. The number of hydrogen-bond acceptors (Lipinski definition) is 5. The van der Waals surface area contributed by atoms with Crippen molar-refractivity contribution in [1.29, 1.82) is 0 Å². The largest absolute Gasteiger partial charge is 0.444 e. The van der Waals surface area contributed by atoms with Crippen LogP contribution in [0.5, 0.6) is 0 Å². The molecule has 0 radical (unpaired) electrons. The number of anilines is 1. The van der Waals surface area contributed by atoms with E-state index in [1.165, 1.54) is 5.69 Å². The Morgan fingerprint density at radius 1 is 1.00 bits per heavy atom. The summed E-state index contributed by atoms with van der Waals surface area (Å²) >= 11 is 0. The van der Waals surface area contributed by atoms with Crippen molar-refractivity contribution in [2.45, 2.75) is 64.3 Å². The molecule has 2 aliphatic rings. The number of hydrogen-bond donors (Lipinski definition) is 0. The number of piperidine rings is 2. The molecule has 26 heavy (non-hydrogen) atoms. The Balaban J connectivity index is 1.38. The third-order valence-electron chi connectivity index (χ3n) is 4.95. The summed E-state index contributed by atoms with van der Waals surface area (Å²) in [7, 11) is 0. The molecule has 2 saturated heterocycles. The minimum absolute atomic E-state index is 0.207. The number of aromatic nitrogens is 1. The Bertz CT molecular complexity index is 572. The van der Waals surface area contributed by atoms with Crippen molar-refractivity contribution in [2.75, 3.05) is 31.1 Å². The van der Waals surface area contributed by atoms with E-state index in [-0.39, 0.29) is 12.2 Å². The molecule has 1 amide bonds. The van der Waals surface area contributed by atoms with Gasteiger partial charge < -0.3 is 19.3 Å². The number of carbonyl (C=O) groups excluding carboxylic acids is 1. The molecule has 0 N–H and O–H groups in total. The maximum Gasteiger partial charge on any atom is 0.410 e. The maximum absolute atomic E-state index is 12.1. The van der Waals surface area contributed by atoms with Gasteiger partial charge in [-0.1, -0.05) is 0 Å². The molecule has 0 aliphatic carbocycles. The Hall–Kier alpha value is -1.82. The molecule has 3 rings (SSSR count). The zero-order valence-corrected chi connectivity index (χ0v) is 16.2. The van der Waals surface area contributed by atoms with Crippen LogP contribution >= 0.6 is 0 Å². The highest BCUT2D eigenvalue weighted by Crippen LogP contribution is 2.24. The topological polar surface area (TPSA) is 54.9 Å². The normalized spacial score (nSPS) is 20.3. The van der Waals surface area contributed by atoms with Crippen molar-refractivity contribution < 1.29 is 14.3 Å². The summed E-state index contributed by atoms with van der Waals surface area (Å²) in [6, 6.07) is 4.13. The fraction of sp³-hybridized carbons (Fsp3) is 0.700. The van der Waals surface area contributed by atoms with E-state index in [0.29, 0.717) is 6.10 Å². The van der Waals surface area contributed by atoms with Crippen LogP contribution in [0.3, 0.4) is 0 Å². The van der Waals surface area contributed by atoms with Crippen LogP contribution in [0.2, 0.25) is 0 Å². The van der Waals surface area contributed by atoms with E-state index < -0.39 is 5.60 Å². The van der Waals surface area contributed by atoms with Crippen molar-refractivity contribution in [3.63, 3.8) is 0 Å². The monoisotopic (exact) mass is 361 g/mol. The van der Waals surface area contributed by atoms with Crippen LogP contribution in [0.4, 0.5) is 10.5 Å². The predicted molar refractivity (Wildman–Crippen MR) is 101 cm³/mol. The van der Waals surface area contributed by atoms with Crippen LogP contribution in [-0.4, -0.2) is 60.0 Å². The van der Waals surface area contributed by atoms with Crippen LogP contribution in [0.15, 0.2) is 24.5 Å². The third kappa shape index (κ3) is 5.34. The van der Waals surface area contributed by atoms with Crippen molar-refractivity contribution >= 4 is 11.8 Å². The van der Waals surface area contributed by atoms with Gasteiger partial charge in [0.15, 0.2) is 0 Å². The van der Waals surface area contributed by atoms with Gasteiger partial charge in [0.05, 0.1) is 12.2 Å². The lowest BCUT2D eigenvalue weighted by Crippen LogP contribution is -2.45. The highest BCUT2D eigenvalue weighted by molar-refractivity contribution is 5.68. The van der Waals surface area contributed by atoms with Gasteiger partial charge in [-0.3, -0.25) is 4.98 Å². The number of ether oxygens (including phenoxy) is 2. The lowest BCUT2D eigenvalue weighted by atomic mass is 10.0. The van der Waals surface area contributed by atoms with Crippen LogP contribution in [0, 0.1) is 0 Å². The Morgan fingerprint density at radius 3 is 2.08 bits per heavy atom. The van der Waals surface area contributed by atoms with Gasteiger partial charge >= 0.3 is 6.09 Å². The van der Waals surface area contributed by atoms with Gasteiger partial charge in [0.1, 0.15) is 5.60 Å². The second-order valence-corrected chi connectivity index (χ2v) is 8.19. The average Bonchev–Trinajstić information content (AvgIpc) is 2.62. The Labute approximate surface area is 156 Å².